The third kappa shape index (κ3) is 1.73. The first-order chi connectivity index (χ1) is 7.50. The lowest BCUT2D eigenvalue weighted by molar-refractivity contribution is -0.787. The Morgan fingerprint density at radius 2 is 1.81 bits per heavy atom. The summed E-state index contributed by atoms with van der Waals surface area (Å²) in [6.45, 7) is 8.89. The molecule has 0 fully saturated rings. The Bertz CT molecular complexity index is 507. The maximum Gasteiger partial charge on any atom is 0.203 e. The molecular weight excluding hydrogens is 196 g/mol. The zero-order valence-corrected chi connectivity index (χ0v) is 10.9. The van der Waals surface area contributed by atoms with Crippen molar-refractivity contribution in [3.8, 4) is 0 Å². The topological polar surface area (TPSA) is 8.81 Å². The average Bonchev–Trinajstić information content (AvgIpc) is 2.55. The highest BCUT2D eigenvalue weighted by molar-refractivity contribution is 5.78. The summed E-state index contributed by atoms with van der Waals surface area (Å²) in [6, 6.07) is 7.26. The number of nitrogens with zero attached hydrogens (tertiary/aromatic N) is 2. The Kier molecular flexibility index (Phi) is 2.75. The van der Waals surface area contributed by atoms with Crippen molar-refractivity contribution in [2.75, 3.05) is 0 Å². The molecule has 0 atom stereocenters. The summed E-state index contributed by atoms with van der Waals surface area (Å²) in [7, 11) is 2.12. The molecule has 1 aromatic heterocycles. The van der Waals surface area contributed by atoms with E-state index in [9.17, 15) is 0 Å². The molecule has 2 nitrogen and oxygen atoms in total. The molecule has 0 unspecified atom stereocenters. The fourth-order valence-corrected chi connectivity index (χ4v) is 2.18. The van der Waals surface area contributed by atoms with Crippen molar-refractivity contribution in [3.05, 3.63) is 30.0 Å². The molecule has 2 aromatic rings. The number of aryl methyl sites for hydroxylation is 1. The van der Waals surface area contributed by atoms with E-state index in [1.165, 1.54) is 16.5 Å². The summed E-state index contributed by atoms with van der Waals surface area (Å²) < 4.78 is 4.50. The molecule has 0 aliphatic carbocycles. The molecule has 0 aliphatic rings. The van der Waals surface area contributed by atoms with Gasteiger partial charge in [0.2, 0.25) is 6.20 Å². The Morgan fingerprint density at radius 1 is 1.12 bits per heavy atom. The van der Waals surface area contributed by atoms with Crippen LogP contribution in [0.15, 0.2) is 24.4 Å². The molecule has 86 valence electrons. The number of fused-ring (bicyclic) bond motifs is 1. The maximum atomic E-state index is 2.30. The molecular formula is C14H21N2+. The largest absolute Gasteiger partial charge is 0.203 e. The minimum atomic E-state index is 0.500. The summed E-state index contributed by atoms with van der Waals surface area (Å²) in [5.74, 6) is 0.595. The number of aromatic nitrogens is 2. The molecule has 1 heterocycles. The van der Waals surface area contributed by atoms with Crippen molar-refractivity contribution in [3.63, 3.8) is 0 Å². The number of hydrogen-bond donors (Lipinski definition) is 0. The Balaban J connectivity index is 2.63. The Labute approximate surface area is 97.5 Å². The van der Waals surface area contributed by atoms with Crippen LogP contribution in [0.2, 0.25) is 0 Å². The van der Waals surface area contributed by atoms with Crippen LogP contribution >= 0.6 is 0 Å². The Morgan fingerprint density at radius 3 is 2.38 bits per heavy atom. The summed E-state index contributed by atoms with van der Waals surface area (Å²) in [6.07, 6.45) is 2.24. The zero-order valence-electron chi connectivity index (χ0n) is 10.9. The lowest BCUT2D eigenvalue weighted by atomic mass is 10.0. The summed E-state index contributed by atoms with van der Waals surface area (Å²) in [5, 5.41) is 1.34. The van der Waals surface area contributed by atoms with Crippen LogP contribution in [-0.2, 0) is 7.05 Å². The van der Waals surface area contributed by atoms with Gasteiger partial charge in [-0.15, -0.1) is 4.68 Å². The van der Waals surface area contributed by atoms with Gasteiger partial charge in [-0.2, -0.15) is 4.68 Å². The van der Waals surface area contributed by atoms with Gasteiger partial charge in [0.25, 0.3) is 0 Å². The van der Waals surface area contributed by atoms with E-state index in [1.807, 2.05) is 0 Å². The van der Waals surface area contributed by atoms with Gasteiger partial charge in [-0.25, -0.2) is 0 Å². The zero-order chi connectivity index (χ0) is 11.9. The highest BCUT2D eigenvalue weighted by atomic mass is 15.4. The van der Waals surface area contributed by atoms with Crippen LogP contribution in [0.3, 0.4) is 0 Å². The van der Waals surface area contributed by atoms with Crippen molar-refractivity contribution in [1.29, 1.82) is 0 Å². The normalized spacial score (nSPS) is 11.9. The van der Waals surface area contributed by atoms with Crippen LogP contribution in [0, 0.1) is 0 Å². The fourth-order valence-electron chi connectivity index (χ4n) is 2.18. The second-order valence-electron chi connectivity index (χ2n) is 5.10. The first kappa shape index (κ1) is 11.2. The van der Waals surface area contributed by atoms with Crippen LogP contribution in [-0.4, -0.2) is 4.68 Å². The highest BCUT2D eigenvalue weighted by Crippen LogP contribution is 2.20. The standard InChI is InChI=1S/C14H21N2/c1-10(2)12-6-7-14-13(8-12)9-16(11(3)4)15(14)5/h6-11H,1-5H3/q+1. The molecule has 0 bridgehead atoms. The van der Waals surface area contributed by atoms with Crippen molar-refractivity contribution < 1.29 is 4.68 Å². The van der Waals surface area contributed by atoms with Gasteiger partial charge in [-0.05, 0) is 37.5 Å². The summed E-state index contributed by atoms with van der Waals surface area (Å²) >= 11 is 0. The van der Waals surface area contributed by atoms with Gasteiger partial charge >= 0.3 is 0 Å². The van der Waals surface area contributed by atoms with E-state index < -0.39 is 0 Å². The lowest BCUT2D eigenvalue weighted by Gasteiger charge is -2.03. The van der Waals surface area contributed by atoms with Crippen LogP contribution in [0.4, 0.5) is 0 Å². The van der Waals surface area contributed by atoms with Gasteiger partial charge < -0.3 is 0 Å². The van der Waals surface area contributed by atoms with Crippen LogP contribution in [0.1, 0.15) is 45.2 Å². The molecule has 1 aromatic carbocycles. The predicted octanol–water partition coefficient (Wildman–Crippen LogP) is 3.17. The van der Waals surface area contributed by atoms with E-state index in [0.717, 1.165) is 0 Å². The van der Waals surface area contributed by atoms with Gasteiger partial charge in [-0.1, -0.05) is 19.9 Å². The summed E-state index contributed by atoms with van der Waals surface area (Å²) in [5.41, 5.74) is 2.71. The minimum absolute atomic E-state index is 0.500. The van der Waals surface area contributed by atoms with E-state index in [-0.39, 0.29) is 0 Å². The molecule has 0 aliphatic heterocycles. The Hall–Kier alpha value is -1.31. The van der Waals surface area contributed by atoms with Crippen molar-refractivity contribution in [2.24, 2.45) is 7.05 Å². The monoisotopic (exact) mass is 217 g/mol. The SMILES string of the molecule is CC(C)c1ccc2c(c1)c[n+](C(C)C)n2C. The fraction of sp³-hybridized carbons (Fsp3) is 0.500. The summed E-state index contributed by atoms with van der Waals surface area (Å²) in [4.78, 5) is 0. The van der Waals surface area contributed by atoms with E-state index in [4.69, 9.17) is 0 Å². The van der Waals surface area contributed by atoms with Crippen LogP contribution < -0.4 is 4.68 Å². The minimum Gasteiger partial charge on any atom is -0.156 e. The first-order valence-electron chi connectivity index (χ1n) is 6.01. The van der Waals surface area contributed by atoms with Crippen molar-refractivity contribution in [2.45, 2.75) is 39.7 Å². The van der Waals surface area contributed by atoms with E-state index >= 15 is 0 Å². The second-order valence-corrected chi connectivity index (χ2v) is 5.10. The highest BCUT2D eigenvalue weighted by Gasteiger charge is 2.16. The number of rotatable bonds is 2. The third-order valence-corrected chi connectivity index (χ3v) is 3.21. The quantitative estimate of drug-likeness (QED) is 0.683. The van der Waals surface area contributed by atoms with Gasteiger partial charge in [0.15, 0.2) is 6.04 Å². The van der Waals surface area contributed by atoms with Gasteiger partial charge in [0.1, 0.15) is 5.52 Å². The second kappa shape index (κ2) is 3.93. The van der Waals surface area contributed by atoms with Crippen molar-refractivity contribution >= 4 is 10.9 Å². The van der Waals surface area contributed by atoms with Gasteiger partial charge in [-0.3, -0.25) is 0 Å². The van der Waals surface area contributed by atoms with Gasteiger partial charge in [0, 0.05) is 0 Å². The molecule has 0 radical (unpaired) electrons. The van der Waals surface area contributed by atoms with Crippen LogP contribution in [0.5, 0.6) is 0 Å². The average molecular weight is 217 g/mol. The lowest BCUT2D eigenvalue weighted by Crippen LogP contribution is -2.43. The predicted molar refractivity (Wildman–Crippen MR) is 67.6 cm³/mol. The molecule has 2 heteroatoms. The first-order valence-corrected chi connectivity index (χ1v) is 6.01. The van der Waals surface area contributed by atoms with E-state index in [2.05, 4.69) is 68.5 Å². The smallest absolute Gasteiger partial charge is 0.156 e. The molecule has 0 amide bonds. The molecule has 0 spiro atoms. The molecule has 2 rings (SSSR count). The van der Waals surface area contributed by atoms with Crippen LogP contribution in [0.25, 0.3) is 10.9 Å². The molecule has 0 N–H and O–H groups in total. The molecule has 0 saturated heterocycles. The van der Waals surface area contributed by atoms with E-state index in [0.29, 0.717) is 12.0 Å². The number of benzene rings is 1. The van der Waals surface area contributed by atoms with E-state index in [1.54, 1.807) is 0 Å². The molecule has 0 saturated carbocycles. The third-order valence-electron chi connectivity index (χ3n) is 3.21. The van der Waals surface area contributed by atoms with Crippen molar-refractivity contribution in [1.82, 2.24) is 4.68 Å². The number of hydrogen-bond acceptors (Lipinski definition) is 0. The maximum absolute atomic E-state index is 2.30. The molecule has 16 heavy (non-hydrogen) atoms. The van der Waals surface area contributed by atoms with Gasteiger partial charge in [0.05, 0.1) is 12.4 Å².